The normalized spacial score (nSPS) is 12.1. The lowest BCUT2D eigenvalue weighted by Crippen LogP contribution is -2.17. The lowest BCUT2D eigenvalue weighted by atomic mass is 9.84. The molecular weight excluding hydrogens is 384 g/mol. The number of hydrogen-bond donors (Lipinski definition) is 0. The first-order valence-corrected chi connectivity index (χ1v) is 10.4. The molecule has 5 rings (SSSR count). The lowest BCUT2D eigenvalue weighted by Gasteiger charge is -2.23. The Morgan fingerprint density at radius 3 is 1.45 bits per heavy atom. The van der Waals surface area contributed by atoms with Gasteiger partial charge < -0.3 is 9.47 Å². The molecule has 0 saturated heterocycles. The van der Waals surface area contributed by atoms with Gasteiger partial charge in [0, 0.05) is 28.7 Å². The van der Waals surface area contributed by atoms with E-state index in [-0.39, 0.29) is 5.78 Å². The van der Waals surface area contributed by atoms with Crippen molar-refractivity contribution in [1.29, 1.82) is 0 Å². The zero-order valence-corrected chi connectivity index (χ0v) is 17.1. The highest BCUT2D eigenvalue weighted by atomic mass is 16.5. The molecule has 3 heteroatoms. The van der Waals surface area contributed by atoms with Gasteiger partial charge in [0.2, 0.25) is 0 Å². The second-order valence-electron chi connectivity index (χ2n) is 7.62. The Morgan fingerprint density at radius 1 is 0.548 bits per heavy atom. The molecule has 0 aliphatic heterocycles. The van der Waals surface area contributed by atoms with E-state index in [1.165, 1.54) is 0 Å². The van der Waals surface area contributed by atoms with Crippen LogP contribution in [0.4, 0.5) is 0 Å². The van der Waals surface area contributed by atoms with Gasteiger partial charge in [0.15, 0.2) is 5.78 Å². The summed E-state index contributed by atoms with van der Waals surface area (Å²) in [5.41, 5.74) is 5.44. The van der Waals surface area contributed by atoms with Gasteiger partial charge in [0.1, 0.15) is 24.7 Å². The average Bonchev–Trinajstić information content (AvgIpc) is 2.83. The molecule has 3 nitrogen and oxygen atoms in total. The van der Waals surface area contributed by atoms with Crippen molar-refractivity contribution in [2.75, 3.05) is 0 Å². The average molecular weight is 406 g/mol. The molecule has 0 bridgehead atoms. The van der Waals surface area contributed by atoms with E-state index in [9.17, 15) is 4.79 Å². The molecule has 1 aliphatic rings. The maximum atomic E-state index is 13.2. The fourth-order valence-corrected chi connectivity index (χ4v) is 3.98. The number of fused-ring (bicyclic) bond motifs is 2. The second-order valence-corrected chi connectivity index (χ2v) is 7.62. The Morgan fingerprint density at radius 2 is 1.00 bits per heavy atom. The zero-order chi connectivity index (χ0) is 21.0. The molecular formula is C28H22O3. The van der Waals surface area contributed by atoms with Gasteiger partial charge in [-0.2, -0.15) is 0 Å². The first-order chi connectivity index (χ1) is 15.3. The number of hydrogen-bond acceptors (Lipinski definition) is 3. The molecule has 4 aromatic carbocycles. The van der Waals surface area contributed by atoms with Crippen molar-refractivity contribution in [3.05, 3.63) is 130 Å². The molecule has 31 heavy (non-hydrogen) atoms. The first kappa shape index (κ1) is 19.1. The fraction of sp³-hybridized carbons (Fsp3) is 0.107. The van der Waals surface area contributed by atoms with Gasteiger partial charge in [0.25, 0.3) is 0 Å². The summed E-state index contributed by atoms with van der Waals surface area (Å²) in [6.07, 6.45) is 0.604. The molecule has 0 aromatic heterocycles. The van der Waals surface area contributed by atoms with Crippen LogP contribution in [-0.2, 0) is 19.6 Å². The van der Waals surface area contributed by atoms with Crippen molar-refractivity contribution in [1.82, 2.24) is 0 Å². The zero-order valence-electron chi connectivity index (χ0n) is 17.1. The topological polar surface area (TPSA) is 35.5 Å². The van der Waals surface area contributed by atoms with Crippen molar-refractivity contribution in [2.45, 2.75) is 19.6 Å². The lowest BCUT2D eigenvalue weighted by molar-refractivity contribution is 0.103. The van der Waals surface area contributed by atoms with Crippen LogP contribution in [0.5, 0.6) is 11.5 Å². The third kappa shape index (κ3) is 3.95. The predicted octanol–water partition coefficient (Wildman–Crippen LogP) is 5.98. The Bertz CT molecular complexity index is 1120. The summed E-state index contributed by atoms with van der Waals surface area (Å²) >= 11 is 0. The van der Waals surface area contributed by atoms with Crippen molar-refractivity contribution in [3.63, 3.8) is 0 Å². The molecule has 0 radical (unpaired) electrons. The monoisotopic (exact) mass is 406 g/mol. The third-order valence-corrected chi connectivity index (χ3v) is 5.58. The van der Waals surface area contributed by atoms with Crippen LogP contribution in [0.1, 0.15) is 38.2 Å². The van der Waals surface area contributed by atoms with Crippen LogP contribution in [0, 0.1) is 0 Å². The Balaban J connectivity index is 1.43. The molecule has 0 fully saturated rings. The maximum absolute atomic E-state index is 13.2. The van der Waals surface area contributed by atoms with Gasteiger partial charge >= 0.3 is 0 Å². The standard InChI is InChI=1S/C28H22O3/c29-28-22-13-7-15-26(30-18-20-9-3-1-4-10-20)24(22)17-25-23(28)14-8-16-27(25)31-19-21-11-5-2-6-12-21/h1-16H,17-19H2. The Labute approximate surface area is 181 Å². The minimum absolute atomic E-state index is 0.0200. The molecule has 0 N–H and O–H groups in total. The van der Waals surface area contributed by atoms with Crippen molar-refractivity contribution >= 4 is 5.78 Å². The van der Waals surface area contributed by atoms with E-state index < -0.39 is 0 Å². The van der Waals surface area contributed by atoms with E-state index in [0.29, 0.717) is 30.8 Å². The van der Waals surface area contributed by atoms with Crippen LogP contribution in [-0.4, -0.2) is 5.78 Å². The SMILES string of the molecule is O=C1c2cccc(OCc3ccccc3)c2Cc2c(OCc3ccccc3)cccc21. The molecule has 0 saturated carbocycles. The fourth-order valence-electron chi connectivity index (χ4n) is 3.98. The Hall–Kier alpha value is -3.85. The Kier molecular flexibility index (Phi) is 5.24. The quantitative estimate of drug-likeness (QED) is 0.348. The summed E-state index contributed by atoms with van der Waals surface area (Å²) in [5, 5.41) is 0. The molecule has 0 spiro atoms. The van der Waals surface area contributed by atoms with Crippen LogP contribution >= 0.6 is 0 Å². The summed E-state index contributed by atoms with van der Waals surface area (Å²) < 4.78 is 12.3. The highest BCUT2D eigenvalue weighted by Crippen LogP contribution is 2.37. The van der Waals surface area contributed by atoms with Gasteiger partial charge in [-0.05, 0) is 23.3 Å². The summed E-state index contributed by atoms with van der Waals surface area (Å²) in [4.78, 5) is 13.2. The molecule has 0 atom stereocenters. The number of benzene rings is 4. The minimum atomic E-state index is 0.0200. The molecule has 0 amide bonds. The van der Waals surface area contributed by atoms with E-state index in [2.05, 4.69) is 0 Å². The summed E-state index contributed by atoms with van der Waals surface area (Å²) in [6, 6.07) is 31.5. The van der Waals surface area contributed by atoms with E-state index in [1.54, 1.807) is 0 Å². The molecule has 4 aromatic rings. The highest BCUT2D eigenvalue weighted by Gasteiger charge is 2.28. The summed E-state index contributed by atoms with van der Waals surface area (Å²) in [7, 11) is 0. The van der Waals surface area contributed by atoms with Crippen molar-refractivity contribution in [3.8, 4) is 11.5 Å². The molecule has 0 heterocycles. The van der Waals surface area contributed by atoms with Gasteiger partial charge in [-0.25, -0.2) is 0 Å². The van der Waals surface area contributed by atoms with Gasteiger partial charge in [-0.1, -0.05) is 84.9 Å². The molecule has 1 aliphatic carbocycles. The summed E-state index contributed by atoms with van der Waals surface area (Å²) in [6.45, 7) is 0.926. The van der Waals surface area contributed by atoms with E-state index >= 15 is 0 Å². The van der Waals surface area contributed by atoms with Crippen molar-refractivity contribution < 1.29 is 14.3 Å². The second kappa shape index (κ2) is 8.49. The number of ketones is 1. The van der Waals surface area contributed by atoms with Gasteiger partial charge in [-0.15, -0.1) is 0 Å². The largest absolute Gasteiger partial charge is 0.489 e. The minimum Gasteiger partial charge on any atom is -0.489 e. The van der Waals surface area contributed by atoms with Crippen LogP contribution in [0.3, 0.4) is 0 Å². The van der Waals surface area contributed by atoms with Crippen LogP contribution in [0.25, 0.3) is 0 Å². The van der Waals surface area contributed by atoms with E-state index in [0.717, 1.165) is 33.8 Å². The number of ether oxygens (including phenoxy) is 2. The van der Waals surface area contributed by atoms with Gasteiger partial charge in [0.05, 0.1) is 0 Å². The molecule has 152 valence electrons. The molecule has 0 unspecified atom stereocenters. The van der Waals surface area contributed by atoms with Crippen LogP contribution < -0.4 is 9.47 Å². The highest BCUT2D eigenvalue weighted by molar-refractivity contribution is 6.13. The number of carbonyl (C=O) groups excluding carboxylic acids is 1. The number of carbonyl (C=O) groups is 1. The smallest absolute Gasteiger partial charge is 0.193 e. The maximum Gasteiger partial charge on any atom is 0.193 e. The van der Waals surface area contributed by atoms with Crippen LogP contribution in [0.2, 0.25) is 0 Å². The van der Waals surface area contributed by atoms with E-state index in [1.807, 2.05) is 97.1 Å². The van der Waals surface area contributed by atoms with Crippen molar-refractivity contribution in [2.24, 2.45) is 0 Å². The van der Waals surface area contributed by atoms with Gasteiger partial charge in [-0.3, -0.25) is 4.79 Å². The van der Waals surface area contributed by atoms with Crippen LogP contribution in [0.15, 0.2) is 97.1 Å². The first-order valence-electron chi connectivity index (χ1n) is 10.4. The third-order valence-electron chi connectivity index (χ3n) is 5.58. The number of rotatable bonds is 6. The predicted molar refractivity (Wildman–Crippen MR) is 121 cm³/mol. The van der Waals surface area contributed by atoms with E-state index in [4.69, 9.17) is 9.47 Å². The summed E-state index contributed by atoms with van der Waals surface area (Å²) in [5.74, 6) is 1.52.